The number of para-hydroxylation sites is 1. The number of aromatic nitrogens is 1. The molecule has 76 valence electrons. The number of halogens is 2. The van der Waals surface area contributed by atoms with E-state index in [1.807, 2.05) is 0 Å². The molecule has 15 heavy (non-hydrogen) atoms. The molecule has 0 saturated carbocycles. The molecule has 0 aliphatic heterocycles. The predicted molar refractivity (Wildman–Crippen MR) is 53.9 cm³/mol. The summed E-state index contributed by atoms with van der Waals surface area (Å²) in [5.41, 5.74) is 0.774. The number of hydrogen-bond donors (Lipinski definition) is 1. The Kier molecular flexibility index (Phi) is 2.58. The third kappa shape index (κ3) is 2.28. The Hall–Kier alpha value is -1.97. The lowest BCUT2D eigenvalue weighted by Crippen LogP contribution is -1.94. The Morgan fingerprint density at radius 2 is 1.87 bits per heavy atom. The van der Waals surface area contributed by atoms with E-state index in [1.165, 1.54) is 18.3 Å². The van der Waals surface area contributed by atoms with Crippen LogP contribution in [0.3, 0.4) is 0 Å². The van der Waals surface area contributed by atoms with Crippen molar-refractivity contribution < 1.29 is 8.78 Å². The van der Waals surface area contributed by atoms with E-state index in [2.05, 4.69) is 10.3 Å². The van der Waals surface area contributed by atoms with Crippen molar-refractivity contribution in [3.05, 3.63) is 54.4 Å². The van der Waals surface area contributed by atoms with Crippen molar-refractivity contribution in [2.75, 3.05) is 5.32 Å². The van der Waals surface area contributed by atoms with Crippen LogP contribution in [-0.2, 0) is 0 Å². The Labute approximate surface area is 85.6 Å². The van der Waals surface area contributed by atoms with Crippen LogP contribution in [0.1, 0.15) is 0 Å². The third-order valence-corrected chi connectivity index (χ3v) is 1.88. The molecule has 0 spiro atoms. The molecule has 0 saturated heterocycles. The van der Waals surface area contributed by atoms with Gasteiger partial charge in [-0.25, -0.2) is 9.37 Å². The maximum absolute atomic E-state index is 13.2. The topological polar surface area (TPSA) is 24.9 Å². The Bertz CT molecular complexity index is 472. The molecule has 0 aliphatic rings. The first-order valence-corrected chi connectivity index (χ1v) is 4.39. The number of nitrogens with zero attached hydrogens (tertiary/aromatic N) is 1. The van der Waals surface area contributed by atoms with Gasteiger partial charge < -0.3 is 5.32 Å². The van der Waals surface area contributed by atoms with Crippen LogP contribution in [0.5, 0.6) is 0 Å². The number of rotatable bonds is 2. The van der Waals surface area contributed by atoms with E-state index in [-0.39, 0.29) is 5.82 Å². The summed E-state index contributed by atoms with van der Waals surface area (Å²) in [6.45, 7) is 0. The zero-order valence-electron chi connectivity index (χ0n) is 7.74. The van der Waals surface area contributed by atoms with E-state index in [0.29, 0.717) is 11.4 Å². The van der Waals surface area contributed by atoms with Crippen LogP contribution in [0.2, 0.25) is 0 Å². The highest BCUT2D eigenvalue weighted by atomic mass is 19.1. The average molecular weight is 206 g/mol. The van der Waals surface area contributed by atoms with Crippen LogP contribution in [0.15, 0.2) is 42.6 Å². The van der Waals surface area contributed by atoms with Crippen molar-refractivity contribution in [2.24, 2.45) is 0 Å². The van der Waals surface area contributed by atoms with Crippen molar-refractivity contribution in [1.29, 1.82) is 0 Å². The zero-order chi connectivity index (χ0) is 10.7. The standard InChI is InChI=1S/C11H8F2N2/c12-9-3-1-2-4-10(9)15-8-5-6-14-11(13)7-8/h1-7H,(H,14,15). The molecule has 0 atom stereocenters. The zero-order valence-corrected chi connectivity index (χ0v) is 7.74. The molecule has 2 nitrogen and oxygen atoms in total. The lowest BCUT2D eigenvalue weighted by molar-refractivity contribution is 0.584. The van der Waals surface area contributed by atoms with Gasteiger partial charge in [0.15, 0.2) is 0 Å². The smallest absolute Gasteiger partial charge is 0.214 e. The van der Waals surface area contributed by atoms with Gasteiger partial charge in [0.1, 0.15) is 5.82 Å². The fourth-order valence-electron chi connectivity index (χ4n) is 1.20. The van der Waals surface area contributed by atoms with Crippen molar-refractivity contribution >= 4 is 11.4 Å². The maximum atomic E-state index is 13.2. The monoisotopic (exact) mass is 206 g/mol. The SMILES string of the molecule is Fc1cc(Nc2ccccc2F)ccn1. The van der Waals surface area contributed by atoms with Gasteiger partial charge in [0.05, 0.1) is 5.69 Å². The number of nitrogens with one attached hydrogen (secondary N) is 1. The largest absolute Gasteiger partial charge is 0.353 e. The minimum atomic E-state index is -0.601. The number of pyridine rings is 1. The lowest BCUT2D eigenvalue weighted by atomic mass is 10.3. The Morgan fingerprint density at radius 3 is 2.60 bits per heavy atom. The van der Waals surface area contributed by atoms with Crippen LogP contribution >= 0.6 is 0 Å². The fraction of sp³-hybridized carbons (Fsp3) is 0. The first kappa shape index (κ1) is 9.58. The van der Waals surface area contributed by atoms with Gasteiger partial charge in [-0.05, 0) is 18.2 Å². The third-order valence-electron chi connectivity index (χ3n) is 1.88. The first-order valence-electron chi connectivity index (χ1n) is 4.39. The minimum Gasteiger partial charge on any atom is -0.353 e. The van der Waals surface area contributed by atoms with Gasteiger partial charge >= 0.3 is 0 Å². The summed E-state index contributed by atoms with van der Waals surface area (Å²) in [5.74, 6) is -0.981. The van der Waals surface area contributed by atoms with E-state index in [1.54, 1.807) is 24.3 Å². The molecule has 1 heterocycles. The van der Waals surface area contributed by atoms with Crippen LogP contribution < -0.4 is 5.32 Å². The quantitative estimate of drug-likeness (QED) is 0.763. The van der Waals surface area contributed by atoms with Crippen LogP contribution in [0.25, 0.3) is 0 Å². The van der Waals surface area contributed by atoms with E-state index in [4.69, 9.17) is 0 Å². The molecule has 2 rings (SSSR count). The van der Waals surface area contributed by atoms with E-state index < -0.39 is 5.95 Å². The van der Waals surface area contributed by atoms with Gasteiger partial charge in [-0.1, -0.05) is 12.1 Å². The second kappa shape index (κ2) is 4.04. The minimum absolute atomic E-state index is 0.308. The van der Waals surface area contributed by atoms with Crippen molar-refractivity contribution in [1.82, 2.24) is 4.98 Å². The van der Waals surface area contributed by atoms with Crippen molar-refractivity contribution in [3.8, 4) is 0 Å². The molecule has 1 aromatic carbocycles. The van der Waals surface area contributed by atoms with Crippen LogP contribution in [0.4, 0.5) is 20.2 Å². The van der Waals surface area contributed by atoms with Gasteiger partial charge in [-0.3, -0.25) is 0 Å². The van der Waals surface area contributed by atoms with Gasteiger partial charge in [-0.15, -0.1) is 0 Å². The molecule has 0 bridgehead atoms. The van der Waals surface area contributed by atoms with Gasteiger partial charge in [0.2, 0.25) is 5.95 Å². The second-order valence-corrected chi connectivity index (χ2v) is 2.97. The summed E-state index contributed by atoms with van der Waals surface area (Å²) in [6.07, 6.45) is 1.32. The van der Waals surface area contributed by atoms with E-state index in [9.17, 15) is 8.78 Å². The summed E-state index contributed by atoms with van der Waals surface area (Å²) >= 11 is 0. The molecule has 2 aromatic rings. The van der Waals surface area contributed by atoms with Crippen molar-refractivity contribution in [2.45, 2.75) is 0 Å². The molecule has 0 aliphatic carbocycles. The van der Waals surface area contributed by atoms with E-state index >= 15 is 0 Å². The maximum Gasteiger partial charge on any atom is 0.214 e. The van der Waals surface area contributed by atoms with Crippen molar-refractivity contribution in [3.63, 3.8) is 0 Å². The number of hydrogen-bond acceptors (Lipinski definition) is 2. The van der Waals surface area contributed by atoms with Gasteiger partial charge in [0, 0.05) is 18.0 Å². The van der Waals surface area contributed by atoms with Gasteiger partial charge in [0.25, 0.3) is 0 Å². The molecule has 1 aromatic heterocycles. The Balaban J connectivity index is 2.26. The second-order valence-electron chi connectivity index (χ2n) is 2.97. The molecule has 0 amide bonds. The number of anilines is 2. The summed E-state index contributed by atoms with van der Waals surface area (Å²) in [7, 11) is 0. The highest BCUT2D eigenvalue weighted by Crippen LogP contribution is 2.18. The average Bonchev–Trinajstić information content (AvgIpc) is 2.22. The van der Waals surface area contributed by atoms with E-state index in [0.717, 1.165) is 0 Å². The summed E-state index contributed by atoms with van der Waals surface area (Å²) in [5, 5.41) is 2.76. The normalized spacial score (nSPS) is 10.0. The molecule has 0 radical (unpaired) electrons. The fourth-order valence-corrected chi connectivity index (χ4v) is 1.20. The Morgan fingerprint density at radius 1 is 1.07 bits per heavy atom. The number of benzene rings is 1. The molecular weight excluding hydrogens is 198 g/mol. The van der Waals surface area contributed by atoms with Gasteiger partial charge in [-0.2, -0.15) is 4.39 Å². The first-order chi connectivity index (χ1) is 7.25. The predicted octanol–water partition coefficient (Wildman–Crippen LogP) is 3.10. The molecule has 4 heteroatoms. The van der Waals surface area contributed by atoms with Crippen LogP contribution in [-0.4, -0.2) is 4.98 Å². The molecule has 0 unspecified atom stereocenters. The molecule has 0 fully saturated rings. The lowest BCUT2D eigenvalue weighted by Gasteiger charge is -2.06. The summed E-state index contributed by atoms with van der Waals surface area (Å²) in [6, 6.07) is 8.96. The highest BCUT2D eigenvalue weighted by Gasteiger charge is 2.01. The summed E-state index contributed by atoms with van der Waals surface area (Å²) in [4.78, 5) is 3.40. The highest BCUT2D eigenvalue weighted by molar-refractivity contribution is 5.59. The van der Waals surface area contributed by atoms with Crippen LogP contribution in [0, 0.1) is 11.8 Å². The summed E-state index contributed by atoms with van der Waals surface area (Å²) < 4.78 is 25.9. The molecule has 1 N–H and O–H groups in total. The molecular formula is C11H8F2N2.